The average Bonchev–Trinajstić information content (AvgIpc) is 3.15. The van der Waals surface area contributed by atoms with E-state index in [0.29, 0.717) is 22.8 Å². The molecule has 6 nitrogen and oxygen atoms in total. The van der Waals surface area contributed by atoms with Gasteiger partial charge in [0.05, 0.1) is 18.4 Å². The fraction of sp³-hybridized carbons (Fsp3) is 0.0714. The molecule has 0 saturated carbocycles. The van der Waals surface area contributed by atoms with Gasteiger partial charge in [0, 0.05) is 5.69 Å². The van der Waals surface area contributed by atoms with Gasteiger partial charge in [-0.2, -0.15) is 0 Å². The van der Waals surface area contributed by atoms with Gasteiger partial charge in [-0.25, -0.2) is 9.07 Å². The number of benzene rings is 1. The minimum absolute atomic E-state index is 0.284. The Hall–Kier alpha value is -2.74. The van der Waals surface area contributed by atoms with Crippen molar-refractivity contribution >= 4 is 22.9 Å². The molecule has 0 radical (unpaired) electrons. The molecule has 3 N–H and O–H groups in total. The third kappa shape index (κ3) is 2.96. The molecular weight excluding hydrogens is 305 g/mol. The number of hydrogen-bond donors (Lipinski definition) is 2. The number of primary amides is 1. The Balaban J connectivity index is 1.72. The van der Waals surface area contributed by atoms with E-state index in [4.69, 9.17) is 5.73 Å². The monoisotopic (exact) mass is 317 g/mol. The number of anilines is 1. The Morgan fingerprint density at radius 3 is 2.82 bits per heavy atom. The highest BCUT2D eigenvalue weighted by molar-refractivity contribution is 7.12. The summed E-state index contributed by atoms with van der Waals surface area (Å²) >= 11 is 1.26. The van der Waals surface area contributed by atoms with Gasteiger partial charge in [0.2, 0.25) is 0 Å². The lowest BCUT2D eigenvalue weighted by Crippen LogP contribution is -2.12. The zero-order valence-corrected chi connectivity index (χ0v) is 12.2. The molecule has 0 aliphatic carbocycles. The maximum absolute atomic E-state index is 12.8. The van der Waals surface area contributed by atoms with Gasteiger partial charge >= 0.3 is 0 Å². The first-order chi connectivity index (χ1) is 10.6. The maximum atomic E-state index is 12.8. The number of nitrogens with two attached hydrogens (primary N) is 1. The first-order valence-electron chi connectivity index (χ1n) is 6.42. The van der Waals surface area contributed by atoms with Gasteiger partial charge in [-0.3, -0.25) is 4.79 Å². The summed E-state index contributed by atoms with van der Waals surface area (Å²) in [5, 5.41) is 12.9. The molecule has 0 saturated heterocycles. The molecule has 2 aromatic heterocycles. The smallest absolute Gasteiger partial charge is 0.260 e. The van der Waals surface area contributed by atoms with Crippen molar-refractivity contribution in [2.45, 2.75) is 6.54 Å². The standard InChI is InChI=1S/C14H12FN5OS/c15-9-1-3-10(4-2-9)17-7-11-8-20(19-18-11)12-5-6-22-13(12)14(16)21/h1-6,8,17H,7H2,(H2,16,21). The number of amides is 1. The summed E-state index contributed by atoms with van der Waals surface area (Å²) in [5.41, 5.74) is 7.39. The summed E-state index contributed by atoms with van der Waals surface area (Å²) in [7, 11) is 0. The Bertz CT molecular complexity index is 796. The number of carbonyl (C=O) groups excluding carboxylic acids is 1. The van der Waals surface area contributed by atoms with Crippen molar-refractivity contribution in [2.75, 3.05) is 5.32 Å². The third-order valence-corrected chi connectivity index (χ3v) is 3.89. The van der Waals surface area contributed by atoms with Crippen LogP contribution in [0.25, 0.3) is 5.69 Å². The molecule has 0 unspecified atom stereocenters. The molecule has 0 spiro atoms. The molecular formula is C14H12FN5OS. The van der Waals surface area contributed by atoms with Crippen LogP contribution in [0.3, 0.4) is 0 Å². The highest BCUT2D eigenvalue weighted by Crippen LogP contribution is 2.20. The lowest BCUT2D eigenvalue weighted by Gasteiger charge is -2.03. The van der Waals surface area contributed by atoms with Crippen molar-refractivity contribution in [2.24, 2.45) is 5.73 Å². The predicted molar refractivity (Wildman–Crippen MR) is 81.5 cm³/mol. The van der Waals surface area contributed by atoms with Crippen molar-refractivity contribution in [1.29, 1.82) is 0 Å². The van der Waals surface area contributed by atoms with E-state index < -0.39 is 5.91 Å². The van der Waals surface area contributed by atoms with E-state index >= 15 is 0 Å². The normalized spacial score (nSPS) is 10.6. The molecule has 3 rings (SSSR count). The zero-order valence-electron chi connectivity index (χ0n) is 11.4. The molecule has 0 aliphatic heterocycles. The minimum atomic E-state index is -0.494. The van der Waals surface area contributed by atoms with Crippen LogP contribution in [0, 0.1) is 5.82 Å². The van der Waals surface area contributed by atoms with Crippen LogP contribution in [0.2, 0.25) is 0 Å². The van der Waals surface area contributed by atoms with Crippen LogP contribution in [0.5, 0.6) is 0 Å². The van der Waals surface area contributed by atoms with Crippen LogP contribution in [0.4, 0.5) is 10.1 Å². The molecule has 22 heavy (non-hydrogen) atoms. The second kappa shape index (κ2) is 5.94. The van der Waals surface area contributed by atoms with Crippen molar-refractivity contribution in [3.05, 3.63) is 58.3 Å². The molecule has 0 bridgehead atoms. The van der Waals surface area contributed by atoms with Crippen LogP contribution < -0.4 is 11.1 Å². The highest BCUT2D eigenvalue weighted by atomic mass is 32.1. The number of aromatic nitrogens is 3. The Morgan fingerprint density at radius 1 is 1.32 bits per heavy atom. The number of nitrogens with one attached hydrogen (secondary N) is 1. The summed E-state index contributed by atoms with van der Waals surface area (Å²) in [4.78, 5) is 11.8. The van der Waals surface area contributed by atoms with E-state index in [1.54, 1.807) is 29.8 Å². The summed E-state index contributed by atoms with van der Waals surface area (Å²) < 4.78 is 14.3. The topological polar surface area (TPSA) is 85.8 Å². The van der Waals surface area contributed by atoms with Crippen molar-refractivity contribution < 1.29 is 9.18 Å². The zero-order chi connectivity index (χ0) is 15.5. The van der Waals surface area contributed by atoms with Crippen LogP contribution >= 0.6 is 11.3 Å². The molecule has 3 aromatic rings. The molecule has 1 amide bonds. The second-order valence-electron chi connectivity index (χ2n) is 4.51. The summed E-state index contributed by atoms with van der Waals surface area (Å²) in [6.45, 7) is 0.432. The molecule has 0 fully saturated rings. The van der Waals surface area contributed by atoms with E-state index in [1.165, 1.54) is 28.2 Å². The van der Waals surface area contributed by atoms with Gasteiger partial charge in [-0.15, -0.1) is 16.4 Å². The van der Waals surface area contributed by atoms with Gasteiger partial charge in [0.25, 0.3) is 5.91 Å². The van der Waals surface area contributed by atoms with Crippen LogP contribution in [0.1, 0.15) is 15.4 Å². The quantitative estimate of drug-likeness (QED) is 0.755. The van der Waals surface area contributed by atoms with Crippen molar-refractivity contribution in [3.8, 4) is 5.69 Å². The number of rotatable bonds is 5. The van der Waals surface area contributed by atoms with Crippen LogP contribution in [0.15, 0.2) is 41.9 Å². The predicted octanol–water partition coefficient (Wildman–Crippen LogP) is 2.18. The van der Waals surface area contributed by atoms with E-state index in [-0.39, 0.29) is 5.82 Å². The van der Waals surface area contributed by atoms with E-state index in [1.807, 2.05) is 0 Å². The SMILES string of the molecule is NC(=O)c1sccc1-n1cc(CNc2ccc(F)cc2)nn1. The van der Waals surface area contributed by atoms with Gasteiger partial charge in [-0.1, -0.05) is 5.21 Å². The Kier molecular flexibility index (Phi) is 3.84. The first kappa shape index (κ1) is 14.2. The fourth-order valence-electron chi connectivity index (χ4n) is 1.92. The summed E-state index contributed by atoms with van der Waals surface area (Å²) in [6, 6.07) is 7.80. The number of halogens is 1. The van der Waals surface area contributed by atoms with Gasteiger partial charge in [-0.05, 0) is 35.7 Å². The Morgan fingerprint density at radius 2 is 2.09 bits per heavy atom. The van der Waals surface area contributed by atoms with Gasteiger partial charge < -0.3 is 11.1 Å². The average molecular weight is 317 g/mol. The minimum Gasteiger partial charge on any atom is -0.379 e. The maximum Gasteiger partial charge on any atom is 0.260 e. The third-order valence-electron chi connectivity index (χ3n) is 2.97. The van der Waals surface area contributed by atoms with Crippen LogP contribution in [-0.4, -0.2) is 20.9 Å². The molecule has 8 heteroatoms. The van der Waals surface area contributed by atoms with Gasteiger partial charge in [0.1, 0.15) is 16.4 Å². The van der Waals surface area contributed by atoms with Crippen LogP contribution in [-0.2, 0) is 6.54 Å². The van der Waals surface area contributed by atoms with E-state index in [9.17, 15) is 9.18 Å². The Labute approximate surface area is 129 Å². The fourth-order valence-corrected chi connectivity index (χ4v) is 2.66. The number of nitrogens with zero attached hydrogens (tertiary/aromatic N) is 3. The van der Waals surface area contributed by atoms with E-state index in [2.05, 4.69) is 15.6 Å². The molecule has 2 heterocycles. The molecule has 1 aromatic carbocycles. The lowest BCUT2D eigenvalue weighted by atomic mass is 10.3. The number of hydrogen-bond acceptors (Lipinski definition) is 5. The number of carbonyl (C=O) groups is 1. The van der Waals surface area contributed by atoms with E-state index in [0.717, 1.165) is 5.69 Å². The number of thiophene rings is 1. The molecule has 0 atom stereocenters. The summed E-state index contributed by atoms with van der Waals surface area (Å²) in [5.74, 6) is -0.778. The largest absolute Gasteiger partial charge is 0.379 e. The highest BCUT2D eigenvalue weighted by Gasteiger charge is 2.13. The van der Waals surface area contributed by atoms with Crippen molar-refractivity contribution in [3.63, 3.8) is 0 Å². The van der Waals surface area contributed by atoms with Gasteiger partial charge in [0.15, 0.2) is 0 Å². The molecule has 0 aliphatic rings. The first-order valence-corrected chi connectivity index (χ1v) is 7.30. The summed E-state index contributed by atoms with van der Waals surface area (Å²) in [6.07, 6.45) is 1.71. The lowest BCUT2D eigenvalue weighted by molar-refractivity contribution is 0.100. The van der Waals surface area contributed by atoms with Crippen molar-refractivity contribution in [1.82, 2.24) is 15.0 Å². The molecule has 112 valence electrons. The second-order valence-corrected chi connectivity index (χ2v) is 5.43.